The van der Waals surface area contributed by atoms with Crippen molar-refractivity contribution in [2.24, 2.45) is 23.7 Å². The standard InChI is InChI=1S/C42H52ClN7O5/c1-24(2)36(47-42(53)54-5)41(52)50-23-26(4)19-34(50)40-46-37(38(43)48-40)31-12-8-29(9-13-31)28-6-10-30(11-7-28)32-21-44-39(45-32)33-18-25(3)22-49(33)35(51)20-27-14-16-55-17-15-27/h6-13,21,24-27,33-34,36H,14-20,22-23H2,1-5H3,(H,44,45)(H,46,48)(H,47,53)/t25-,26-,33-,34-,36-/m0/s1. The average Bonchev–Trinajstić information content (AvgIpc) is 4.00. The molecular weight excluding hydrogens is 718 g/mol. The summed E-state index contributed by atoms with van der Waals surface area (Å²) in [6.07, 6.45) is 5.34. The van der Waals surface area contributed by atoms with Crippen LogP contribution in [0.25, 0.3) is 33.6 Å². The van der Waals surface area contributed by atoms with E-state index in [9.17, 15) is 14.4 Å². The monoisotopic (exact) mass is 769 g/mol. The first-order chi connectivity index (χ1) is 26.5. The van der Waals surface area contributed by atoms with Crippen LogP contribution in [-0.2, 0) is 19.1 Å². The molecule has 2 aromatic heterocycles. The molecule has 5 atom stereocenters. The number of nitrogens with zero attached hydrogens (tertiary/aromatic N) is 4. The number of aromatic nitrogens is 4. The first-order valence-electron chi connectivity index (χ1n) is 19.5. The number of likely N-dealkylation sites (tertiary alicyclic amines) is 2. The van der Waals surface area contributed by atoms with Crippen LogP contribution < -0.4 is 5.32 Å². The summed E-state index contributed by atoms with van der Waals surface area (Å²) in [5.41, 5.74) is 5.64. The summed E-state index contributed by atoms with van der Waals surface area (Å²) in [5.74, 6) is 2.45. The fraction of sp³-hybridized carbons (Fsp3) is 0.500. The van der Waals surface area contributed by atoms with Gasteiger partial charge in [0.2, 0.25) is 11.8 Å². The molecule has 55 heavy (non-hydrogen) atoms. The van der Waals surface area contributed by atoms with Gasteiger partial charge in [-0.3, -0.25) is 9.59 Å². The lowest BCUT2D eigenvalue weighted by atomic mass is 9.96. The molecule has 3 N–H and O–H groups in total. The molecule has 0 spiro atoms. The number of carbonyl (C=O) groups is 3. The zero-order valence-corrected chi connectivity index (χ0v) is 33.1. The number of nitrogens with one attached hydrogen (secondary N) is 3. The Hall–Kier alpha value is -4.68. The van der Waals surface area contributed by atoms with Crippen LogP contribution in [0.3, 0.4) is 0 Å². The van der Waals surface area contributed by atoms with Crippen molar-refractivity contribution in [3.8, 4) is 33.6 Å². The highest BCUT2D eigenvalue weighted by atomic mass is 35.5. The van der Waals surface area contributed by atoms with E-state index in [1.165, 1.54) is 7.11 Å². The fourth-order valence-electron chi connectivity index (χ4n) is 8.36. The van der Waals surface area contributed by atoms with E-state index in [2.05, 4.69) is 70.5 Å². The van der Waals surface area contributed by atoms with E-state index in [0.717, 1.165) is 79.2 Å². The summed E-state index contributed by atoms with van der Waals surface area (Å²) in [4.78, 5) is 59.3. The van der Waals surface area contributed by atoms with Gasteiger partial charge < -0.3 is 34.6 Å². The number of aromatic amines is 2. The van der Waals surface area contributed by atoms with Gasteiger partial charge in [0, 0.05) is 38.3 Å². The van der Waals surface area contributed by atoms with Gasteiger partial charge in [0.1, 0.15) is 17.7 Å². The van der Waals surface area contributed by atoms with E-state index < -0.39 is 12.1 Å². The first kappa shape index (κ1) is 38.6. The van der Waals surface area contributed by atoms with Crippen molar-refractivity contribution >= 4 is 29.5 Å². The van der Waals surface area contributed by atoms with Crippen molar-refractivity contribution in [3.05, 3.63) is 71.5 Å². The Morgan fingerprint density at radius 1 is 0.873 bits per heavy atom. The molecule has 2 aromatic carbocycles. The number of hydrogen-bond acceptors (Lipinski definition) is 7. The van der Waals surface area contributed by atoms with E-state index in [0.29, 0.717) is 41.5 Å². The molecule has 4 aromatic rings. The van der Waals surface area contributed by atoms with Crippen LogP contribution in [0.5, 0.6) is 0 Å². The van der Waals surface area contributed by atoms with Gasteiger partial charge in [-0.1, -0.05) is 87.8 Å². The predicted molar refractivity (Wildman–Crippen MR) is 211 cm³/mol. The lowest BCUT2D eigenvalue weighted by Crippen LogP contribution is -2.51. The molecular formula is C42H52ClN7O5. The second-order valence-electron chi connectivity index (χ2n) is 16.0. The summed E-state index contributed by atoms with van der Waals surface area (Å²) in [5, 5.41) is 3.04. The Labute approximate surface area is 327 Å². The number of rotatable bonds is 10. The highest BCUT2D eigenvalue weighted by molar-refractivity contribution is 6.31. The maximum Gasteiger partial charge on any atom is 0.407 e. The van der Waals surface area contributed by atoms with Gasteiger partial charge in [-0.05, 0) is 66.0 Å². The highest BCUT2D eigenvalue weighted by Crippen LogP contribution is 2.39. The van der Waals surface area contributed by atoms with Gasteiger partial charge in [0.15, 0.2) is 5.15 Å². The van der Waals surface area contributed by atoms with Crippen molar-refractivity contribution < 1.29 is 23.9 Å². The third-order valence-corrected chi connectivity index (χ3v) is 11.7. The van der Waals surface area contributed by atoms with Crippen molar-refractivity contribution in [1.82, 2.24) is 35.1 Å². The van der Waals surface area contributed by atoms with Crippen LogP contribution in [0.1, 0.15) is 83.5 Å². The normalized spacial score (nSPS) is 22.3. The number of halogens is 1. The molecule has 0 radical (unpaired) electrons. The maximum atomic E-state index is 13.7. The van der Waals surface area contributed by atoms with E-state index in [4.69, 9.17) is 26.1 Å². The number of hydrogen-bond donors (Lipinski definition) is 3. The molecule has 3 saturated heterocycles. The molecule has 0 aliphatic carbocycles. The van der Waals surface area contributed by atoms with Crippen molar-refractivity contribution in [1.29, 1.82) is 0 Å². The van der Waals surface area contributed by atoms with Crippen molar-refractivity contribution in [2.75, 3.05) is 33.4 Å². The Bertz CT molecular complexity index is 1970. The summed E-state index contributed by atoms with van der Waals surface area (Å²) in [6, 6.07) is 15.4. The lowest BCUT2D eigenvalue weighted by Gasteiger charge is -2.30. The smallest absolute Gasteiger partial charge is 0.407 e. The minimum atomic E-state index is -0.722. The van der Waals surface area contributed by atoms with Crippen LogP contribution >= 0.6 is 11.6 Å². The van der Waals surface area contributed by atoms with E-state index in [1.807, 2.05) is 37.1 Å². The SMILES string of the molecule is COC(=O)N[C@H](C(=O)N1C[C@@H](C)C[C@H]1c1nc(Cl)c(-c2ccc(-c3ccc(-c4cnc([C@@H]5C[C@H](C)CN5C(=O)CC5CCOCC5)[nH]4)cc3)cc2)[nH]1)C(C)C. The number of imidazole rings is 2. The van der Waals surface area contributed by atoms with E-state index in [-0.39, 0.29) is 35.7 Å². The predicted octanol–water partition coefficient (Wildman–Crippen LogP) is 7.80. The van der Waals surface area contributed by atoms with Crippen LogP contribution in [0.2, 0.25) is 5.15 Å². The number of benzene rings is 2. The maximum absolute atomic E-state index is 13.7. The van der Waals surface area contributed by atoms with E-state index >= 15 is 0 Å². The molecule has 7 rings (SSSR count). The number of alkyl carbamates (subject to hydrolysis) is 1. The first-order valence-corrected chi connectivity index (χ1v) is 19.9. The quantitative estimate of drug-likeness (QED) is 0.149. The van der Waals surface area contributed by atoms with Gasteiger partial charge in [-0.25, -0.2) is 14.8 Å². The summed E-state index contributed by atoms with van der Waals surface area (Å²) < 4.78 is 10.3. The van der Waals surface area contributed by atoms with Crippen LogP contribution in [-0.4, -0.2) is 87.1 Å². The average molecular weight is 770 g/mol. The zero-order chi connectivity index (χ0) is 38.8. The number of methoxy groups -OCH3 is 1. The zero-order valence-electron chi connectivity index (χ0n) is 32.3. The molecule has 0 saturated carbocycles. The van der Waals surface area contributed by atoms with Crippen LogP contribution in [0.4, 0.5) is 4.79 Å². The van der Waals surface area contributed by atoms with Gasteiger partial charge >= 0.3 is 6.09 Å². The number of carbonyl (C=O) groups excluding carboxylic acids is 3. The number of ether oxygens (including phenoxy) is 2. The number of H-pyrrole nitrogens is 2. The van der Waals surface area contributed by atoms with Gasteiger partial charge in [-0.2, -0.15) is 0 Å². The second kappa shape index (κ2) is 16.6. The largest absolute Gasteiger partial charge is 0.453 e. The molecule has 5 heterocycles. The van der Waals surface area contributed by atoms with Gasteiger partial charge in [0.05, 0.1) is 36.8 Å². The molecule has 0 bridgehead atoms. The highest BCUT2D eigenvalue weighted by Gasteiger charge is 2.41. The molecule has 3 fully saturated rings. The van der Waals surface area contributed by atoms with Crippen molar-refractivity contribution in [3.63, 3.8) is 0 Å². The molecule has 3 aliphatic rings. The third-order valence-electron chi connectivity index (χ3n) is 11.4. The Kier molecular flexibility index (Phi) is 11.6. The second-order valence-corrected chi connectivity index (χ2v) is 16.4. The van der Waals surface area contributed by atoms with Crippen LogP contribution in [0.15, 0.2) is 54.7 Å². The fourth-order valence-corrected chi connectivity index (χ4v) is 8.61. The summed E-state index contributed by atoms with van der Waals surface area (Å²) >= 11 is 6.72. The topological polar surface area (TPSA) is 146 Å². The van der Waals surface area contributed by atoms with Crippen molar-refractivity contribution in [2.45, 2.75) is 77.9 Å². The minimum absolute atomic E-state index is 0.0379. The molecule has 292 valence electrons. The van der Waals surface area contributed by atoms with Gasteiger partial charge in [-0.15, -0.1) is 0 Å². The molecule has 13 heteroatoms. The minimum Gasteiger partial charge on any atom is -0.453 e. The molecule has 0 unspecified atom stereocenters. The van der Waals surface area contributed by atoms with E-state index in [1.54, 1.807) is 4.90 Å². The van der Waals surface area contributed by atoms with Gasteiger partial charge in [0.25, 0.3) is 0 Å². The van der Waals surface area contributed by atoms with Crippen LogP contribution in [0, 0.1) is 23.7 Å². The Morgan fingerprint density at radius 3 is 2.07 bits per heavy atom. The molecule has 12 nitrogen and oxygen atoms in total. The lowest BCUT2D eigenvalue weighted by molar-refractivity contribution is -0.136. The summed E-state index contributed by atoms with van der Waals surface area (Å²) in [7, 11) is 1.29. The third kappa shape index (κ3) is 8.45. The number of amides is 3. The molecule has 3 amide bonds. The Morgan fingerprint density at radius 2 is 1.45 bits per heavy atom. The Balaban J connectivity index is 1.02. The molecule has 3 aliphatic heterocycles. The summed E-state index contributed by atoms with van der Waals surface area (Å²) in [6.45, 7) is 10.9.